The maximum Gasteiger partial charge on any atom is 0.344 e. The van der Waals surface area contributed by atoms with Gasteiger partial charge in [-0.3, -0.25) is 9.59 Å². The van der Waals surface area contributed by atoms with Gasteiger partial charge in [0.25, 0.3) is 11.1 Å². The summed E-state index contributed by atoms with van der Waals surface area (Å²) in [6.45, 7) is 4.93. The van der Waals surface area contributed by atoms with Gasteiger partial charge in [0.1, 0.15) is 11.6 Å². The number of benzene rings is 2. The number of ether oxygens (including phenoxy) is 2. The van der Waals surface area contributed by atoms with Crippen LogP contribution in [0, 0.1) is 11.6 Å². The molecule has 2 fully saturated rings. The first-order valence-electron chi connectivity index (χ1n) is 14.0. The predicted molar refractivity (Wildman–Crippen MR) is 168 cm³/mol. The van der Waals surface area contributed by atoms with Crippen molar-refractivity contribution in [2.24, 2.45) is 0 Å². The first kappa shape index (κ1) is 41.4. The smallest absolute Gasteiger partial charge is 0.344 e. The minimum Gasteiger partial charge on any atom is -0.464 e. The highest BCUT2D eigenvalue weighted by molar-refractivity contribution is 6.67. The summed E-state index contributed by atoms with van der Waals surface area (Å²) >= 11 is 16.1. The van der Waals surface area contributed by atoms with Crippen LogP contribution in [0.15, 0.2) is 36.4 Å². The Labute approximate surface area is 285 Å². The first-order chi connectivity index (χ1) is 21.2. The maximum atomic E-state index is 14.4. The standard InChI is InChI=1S/C15H16ClF2NO3.C8H14FNO2.C7H3Cl2FO.ClH/c1-2-22-14(21)15(18)5-7-19(8-6-15)13(20)10-3-4-12(17)11(16)9-10;1-2-12-7(11)8(9)3-5-10-6-4-8;8-5-3-4(7(9)11)1-2-6(5)10;/h3-4,9H,2,5-8H2,1H3;10H,2-6H2,1H3;1-3H;1H. The van der Waals surface area contributed by atoms with Gasteiger partial charge in [0.15, 0.2) is 0 Å². The summed E-state index contributed by atoms with van der Waals surface area (Å²) in [5, 5.41) is 2.10. The fourth-order valence-corrected chi connectivity index (χ4v) is 4.73. The number of piperidine rings is 2. The van der Waals surface area contributed by atoms with Crippen molar-refractivity contribution in [3.63, 3.8) is 0 Å². The molecule has 46 heavy (non-hydrogen) atoms. The number of alkyl halides is 2. The Hall–Kier alpha value is -2.64. The topological polar surface area (TPSA) is 102 Å². The molecular weight excluding hydrogens is 702 g/mol. The lowest BCUT2D eigenvalue weighted by Gasteiger charge is -2.34. The van der Waals surface area contributed by atoms with E-state index in [0.29, 0.717) is 13.1 Å². The zero-order valence-electron chi connectivity index (χ0n) is 25.0. The van der Waals surface area contributed by atoms with Gasteiger partial charge in [-0.05, 0) is 74.9 Å². The van der Waals surface area contributed by atoms with Gasteiger partial charge in [-0.15, -0.1) is 12.4 Å². The number of hydrogen-bond donors (Lipinski definition) is 1. The van der Waals surface area contributed by atoms with E-state index in [1.54, 1.807) is 13.8 Å². The minimum absolute atomic E-state index is 0. The fourth-order valence-electron chi connectivity index (χ4n) is 4.25. The van der Waals surface area contributed by atoms with Crippen LogP contribution in [0.3, 0.4) is 0 Å². The van der Waals surface area contributed by atoms with Gasteiger partial charge in [0, 0.05) is 49.9 Å². The molecule has 2 aliphatic heterocycles. The summed E-state index contributed by atoms with van der Waals surface area (Å²) in [6.07, 6.45) is 0.219. The van der Waals surface area contributed by atoms with E-state index in [9.17, 15) is 36.7 Å². The number of carbonyl (C=O) groups is 4. The van der Waals surface area contributed by atoms with Crippen molar-refractivity contribution in [3.8, 4) is 0 Å². The van der Waals surface area contributed by atoms with Crippen LogP contribution in [0.4, 0.5) is 17.6 Å². The van der Waals surface area contributed by atoms with Crippen molar-refractivity contribution >= 4 is 70.3 Å². The molecule has 0 saturated carbocycles. The molecule has 2 aromatic carbocycles. The fraction of sp³-hybridized carbons (Fsp3) is 0.467. The van der Waals surface area contributed by atoms with Crippen LogP contribution in [0.2, 0.25) is 10.0 Å². The normalized spacial score (nSPS) is 16.2. The Morgan fingerprint density at radius 1 is 0.783 bits per heavy atom. The van der Waals surface area contributed by atoms with Crippen LogP contribution in [-0.2, 0) is 19.1 Å². The summed E-state index contributed by atoms with van der Waals surface area (Å²) in [7, 11) is 0. The summed E-state index contributed by atoms with van der Waals surface area (Å²) in [5.74, 6) is -3.12. The second kappa shape index (κ2) is 19.2. The van der Waals surface area contributed by atoms with E-state index < -0.39 is 40.2 Å². The second-order valence-corrected chi connectivity index (χ2v) is 11.1. The monoisotopic (exact) mass is 734 g/mol. The van der Waals surface area contributed by atoms with E-state index in [1.165, 1.54) is 29.2 Å². The van der Waals surface area contributed by atoms with E-state index >= 15 is 0 Å². The number of nitrogens with zero attached hydrogens (tertiary/aromatic N) is 1. The van der Waals surface area contributed by atoms with Gasteiger partial charge < -0.3 is 19.7 Å². The quantitative estimate of drug-likeness (QED) is 0.196. The zero-order chi connectivity index (χ0) is 33.8. The van der Waals surface area contributed by atoms with E-state index in [0.717, 1.165) is 12.1 Å². The molecule has 0 unspecified atom stereocenters. The molecule has 0 bridgehead atoms. The van der Waals surface area contributed by atoms with Crippen molar-refractivity contribution in [1.82, 2.24) is 10.2 Å². The first-order valence-corrected chi connectivity index (χ1v) is 15.1. The van der Waals surface area contributed by atoms with Gasteiger partial charge in [0.2, 0.25) is 11.3 Å². The number of esters is 2. The third kappa shape index (κ3) is 11.9. The molecule has 8 nitrogen and oxygen atoms in total. The highest BCUT2D eigenvalue weighted by atomic mass is 35.5. The summed E-state index contributed by atoms with van der Waals surface area (Å²) in [5.41, 5.74) is -3.36. The number of carbonyl (C=O) groups excluding carboxylic acids is 4. The van der Waals surface area contributed by atoms with Crippen LogP contribution in [0.1, 0.15) is 60.2 Å². The SMILES string of the molecule is CCOC(=O)C1(F)CCN(C(=O)c2ccc(F)c(Cl)c2)CC1.CCOC(=O)C1(F)CCNCC1.Cl.O=C(Cl)c1ccc(F)c(Cl)c1. The van der Waals surface area contributed by atoms with Crippen LogP contribution in [-0.4, -0.2) is 78.7 Å². The number of nitrogens with one attached hydrogen (secondary N) is 1. The van der Waals surface area contributed by atoms with Crippen LogP contribution in [0.5, 0.6) is 0 Å². The minimum atomic E-state index is -2.05. The van der Waals surface area contributed by atoms with Crippen LogP contribution < -0.4 is 5.32 Å². The summed E-state index contributed by atoms with van der Waals surface area (Å²) in [4.78, 5) is 46.9. The van der Waals surface area contributed by atoms with Crippen molar-refractivity contribution in [1.29, 1.82) is 0 Å². The maximum absolute atomic E-state index is 14.4. The molecule has 2 aromatic rings. The van der Waals surface area contributed by atoms with Gasteiger partial charge in [-0.2, -0.15) is 0 Å². The highest BCUT2D eigenvalue weighted by Crippen LogP contribution is 2.29. The Bertz CT molecular complexity index is 1360. The molecule has 0 aromatic heterocycles. The molecule has 0 radical (unpaired) electrons. The van der Waals surface area contributed by atoms with Crippen LogP contribution in [0.25, 0.3) is 0 Å². The molecule has 4 rings (SSSR count). The molecule has 1 amide bonds. The number of amides is 1. The van der Waals surface area contributed by atoms with Gasteiger partial charge in [-0.1, -0.05) is 23.2 Å². The van der Waals surface area contributed by atoms with Gasteiger partial charge in [0.05, 0.1) is 23.3 Å². The van der Waals surface area contributed by atoms with Crippen molar-refractivity contribution in [2.45, 2.75) is 50.9 Å². The van der Waals surface area contributed by atoms with Gasteiger partial charge in [-0.25, -0.2) is 27.2 Å². The van der Waals surface area contributed by atoms with E-state index in [2.05, 4.69) is 10.1 Å². The van der Waals surface area contributed by atoms with Crippen LogP contribution >= 0.6 is 47.2 Å². The number of halogens is 8. The van der Waals surface area contributed by atoms with E-state index in [1.807, 2.05) is 0 Å². The van der Waals surface area contributed by atoms with Crippen molar-refractivity contribution in [2.75, 3.05) is 39.4 Å². The van der Waals surface area contributed by atoms with Crippen molar-refractivity contribution in [3.05, 3.63) is 69.2 Å². The summed E-state index contributed by atoms with van der Waals surface area (Å²) < 4.78 is 63.0. The van der Waals surface area contributed by atoms with E-state index in [-0.39, 0.29) is 91.5 Å². The second-order valence-electron chi connectivity index (χ2n) is 9.95. The molecular formula is C30H34Cl4F4N2O6. The molecule has 2 aliphatic rings. The lowest BCUT2D eigenvalue weighted by Crippen LogP contribution is -2.49. The third-order valence-electron chi connectivity index (χ3n) is 6.83. The van der Waals surface area contributed by atoms with Crippen molar-refractivity contribution < 1.29 is 46.2 Å². The number of hydrogen-bond acceptors (Lipinski definition) is 7. The Morgan fingerprint density at radius 2 is 1.20 bits per heavy atom. The average molecular weight is 736 g/mol. The predicted octanol–water partition coefficient (Wildman–Crippen LogP) is 6.91. The lowest BCUT2D eigenvalue weighted by atomic mass is 9.93. The molecule has 1 N–H and O–H groups in total. The molecule has 0 atom stereocenters. The Morgan fingerprint density at radius 3 is 1.61 bits per heavy atom. The lowest BCUT2D eigenvalue weighted by molar-refractivity contribution is -0.160. The highest BCUT2D eigenvalue weighted by Gasteiger charge is 2.44. The Balaban J connectivity index is 0.000000374. The molecule has 0 aliphatic carbocycles. The third-order valence-corrected chi connectivity index (χ3v) is 7.63. The molecule has 2 saturated heterocycles. The molecule has 256 valence electrons. The largest absolute Gasteiger partial charge is 0.464 e. The average Bonchev–Trinajstić information content (AvgIpc) is 3.01. The Kier molecular flexibility index (Phi) is 17.3. The van der Waals surface area contributed by atoms with Gasteiger partial charge >= 0.3 is 11.9 Å². The molecule has 2 heterocycles. The summed E-state index contributed by atoms with van der Waals surface area (Å²) in [6, 6.07) is 7.23. The number of rotatable bonds is 6. The zero-order valence-corrected chi connectivity index (χ0v) is 28.1. The molecule has 16 heteroatoms. The van der Waals surface area contributed by atoms with E-state index in [4.69, 9.17) is 39.5 Å². The molecule has 0 spiro atoms. The number of likely N-dealkylation sites (tertiary alicyclic amines) is 1.